The number of ether oxygens (including phenoxy) is 1. The molecule has 4 nitrogen and oxygen atoms in total. The van der Waals surface area contributed by atoms with E-state index in [0.717, 1.165) is 13.0 Å². The molecule has 4 heteroatoms. The second-order valence-corrected chi connectivity index (χ2v) is 3.82. The molecule has 1 atom stereocenters. The first kappa shape index (κ1) is 10.4. The van der Waals surface area contributed by atoms with Crippen LogP contribution in [0, 0.1) is 0 Å². The zero-order valence-corrected chi connectivity index (χ0v) is 8.85. The number of piperidine rings is 1. The number of hydrogen-bond acceptors (Lipinski definition) is 4. The van der Waals surface area contributed by atoms with Gasteiger partial charge in [0.25, 0.3) is 0 Å². The monoisotopic (exact) mass is 207 g/mol. The molecule has 1 aromatic rings. The Morgan fingerprint density at radius 1 is 1.33 bits per heavy atom. The first-order valence-corrected chi connectivity index (χ1v) is 5.58. The molecule has 0 aliphatic carbocycles. The molecule has 2 rings (SSSR count). The van der Waals surface area contributed by atoms with Gasteiger partial charge in [0.05, 0.1) is 6.61 Å². The molecule has 1 aromatic heterocycles. The molecular formula is C11H17N3O. The van der Waals surface area contributed by atoms with Gasteiger partial charge in [0.15, 0.2) is 0 Å². The minimum Gasteiger partial charge on any atom is -0.463 e. The van der Waals surface area contributed by atoms with E-state index in [0.29, 0.717) is 18.7 Å². The summed E-state index contributed by atoms with van der Waals surface area (Å²) in [5.41, 5.74) is 0. The summed E-state index contributed by atoms with van der Waals surface area (Å²) in [4.78, 5) is 8.02. The largest absolute Gasteiger partial charge is 0.463 e. The highest BCUT2D eigenvalue weighted by atomic mass is 16.5. The molecule has 0 saturated carbocycles. The van der Waals surface area contributed by atoms with Gasteiger partial charge in [-0.05, 0) is 31.9 Å². The Morgan fingerprint density at radius 3 is 2.93 bits per heavy atom. The van der Waals surface area contributed by atoms with E-state index < -0.39 is 0 Å². The van der Waals surface area contributed by atoms with E-state index in [9.17, 15) is 0 Å². The molecule has 82 valence electrons. The molecule has 0 radical (unpaired) electrons. The lowest BCUT2D eigenvalue weighted by Crippen LogP contribution is -2.35. The van der Waals surface area contributed by atoms with Gasteiger partial charge in [0.2, 0.25) is 0 Å². The molecular weight excluding hydrogens is 190 g/mol. The average Bonchev–Trinajstić information content (AvgIpc) is 2.32. The van der Waals surface area contributed by atoms with Gasteiger partial charge in [-0.2, -0.15) is 0 Å². The van der Waals surface area contributed by atoms with E-state index in [2.05, 4.69) is 15.3 Å². The van der Waals surface area contributed by atoms with Crippen LogP contribution in [0.3, 0.4) is 0 Å². The molecule has 1 saturated heterocycles. The van der Waals surface area contributed by atoms with Gasteiger partial charge in [-0.1, -0.05) is 6.42 Å². The first-order valence-electron chi connectivity index (χ1n) is 5.58. The predicted octanol–water partition coefficient (Wildman–Crippen LogP) is 1.39. The Labute approximate surface area is 90.1 Å². The Balaban J connectivity index is 1.66. The summed E-state index contributed by atoms with van der Waals surface area (Å²) in [5, 5.41) is 3.48. The van der Waals surface area contributed by atoms with Crippen LogP contribution in [0.1, 0.15) is 25.7 Å². The standard InChI is InChI=1S/C11H17N3O/c1-2-6-12-10(4-1)5-9-15-11-13-7-3-8-14-11/h3,7-8,10,12H,1-2,4-6,9H2/t10-/m0/s1. The summed E-state index contributed by atoms with van der Waals surface area (Å²) < 4.78 is 5.45. The van der Waals surface area contributed by atoms with Crippen LogP contribution in [-0.4, -0.2) is 29.2 Å². The third-order valence-electron chi connectivity index (χ3n) is 2.65. The van der Waals surface area contributed by atoms with Gasteiger partial charge in [-0.3, -0.25) is 0 Å². The van der Waals surface area contributed by atoms with Crippen molar-refractivity contribution in [3.8, 4) is 6.01 Å². The lowest BCUT2D eigenvalue weighted by molar-refractivity contribution is 0.252. The molecule has 0 bridgehead atoms. The molecule has 0 aromatic carbocycles. The summed E-state index contributed by atoms with van der Waals surface area (Å²) in [7, 11) is 0. The molecule has 0 unspecified atom stereocenters. The van der Waals surface area contributed by atoms with Crippen molar-refractivity contribution in [3.63, 3.8) is 0 Å². The number of hydrogen-bond donors (Lipinski definition) is 1. The fourth-order valence-corrected chi connectivity index (χ4v) is 1.82. The quantitative estimate of drug-likeness (QED) is 0.810. The van der Waals surface area contributed by atoms with E-state index in [4.69, 9.17) is 4.74 Å². The van der Waals surface area contributed by atoms with Crippen LogP contribution in [-0.2, 0) is 0 Å². The molecule has 2 heterocycles. The molecule has 1 aliphatic rings. The lowest BCUT2D eigenvalue weighted by atomic mass is 10.0. The minimum atomic E-state index is 0.480. The molecule has 15 heavy (non-hydrogen) atoms. The van der Waals surface area contributed by atoms with Gasteiger partial charge < -0.3 is 10.1 Å². The highest BCUT2D eigenvalue weighted by molar-refractivity contribution is 4.93. The van der Waals surface area contributed by atoms with Crippen molar-refractivity contribution in [3.05, 3.63) is 18.5 Å². The number of aromatic nitrogens is 2. The Bertz CT molecular complexity index is 272. The summed E-state index contributed by atoms with van der Waals surface area (Å²) in [6, 6.07) is 2.88. The van der Waals surface area contributed by atoms with E-state index in [1.807, 2.05) is 0 Å². The molecule has 1 aliphatic heterocycles. The normalized spacial score (nSPS) is 21.2. The fourth-order valence-electron chi connectivity index (χ4n) is 1.82. The summed E-state index contributed by atoms with van der Waals surface area (Å²) in [5.74, 6) is 0. The maximum absolute atomic E-state index is 5.45. The van der Waals surface area contributed by atoms with Crippen molar-refractivity contribution in [2.45, 2.75) is 31.7 Å². The predicted molar refractivity (Wildman–Crippen MR) is 57.8 cm³/mol. The van der Waals surface area contributed by atoms with Crippen molar-refractivity contribution in [1.82, 2.24) is 15.3 Å². The maximum atomic E-state index is 5.45. The van der Waals surface area contributed by atoms with Crippen LogP contribution in [0.4, 0.5) is 0 Å². The van der Waals surface area contributed by atoms with Crippen LogP contribution >= 0.6 is 0 Å². The smallest absolute Gasteiger partial charge is 0.316 e. The van der Waals surface area contributed by atoms with Crippen LogP contribution in [0.15, 0.2) is 18.5 Å². The van der Waals surface area contributed by atoms with Crippen LogP contribution in [0.2, 0.25) is 0 Å². The molecule has 0 spiro atoms. The van der Waals surface area contributed by atoms with Crippen molar-refractivity contribution in [2.24, 2.45) is 0 Å². The SMILES string of the molecule is c1cnc(OCC[C@@H]2CCCCN2)nc1. The van der Waals surface area contributed by atoms with Gasteiger partial charge >= 0.3 is 6.01 Å². The number of nitrogens with one attached hydrogen (secondary N) is 1. The van der Waals surface area contributed by atoms with Gasteiger partial charge in [-0.25, -0.2) is 9.97 Å². The zero-order chi connectivity index (χ0) is 10.3. The molecule has 1 N–H and O–H groups in total. The Hall–Kier alpha value is -1.16. The summed E-state index contributed by atoms with van der Waals surface area (Å²) >= 11 is 0. The number of nitrogens with zero attached hydrogens (tertiary/aromatic N) is 2. The van der Waals surface area contributed by atoms with Gasteiger partial charge in [0, 0.05) is 18.4 Å². The minimum absolute atomic E-state index is 0.480. The summed E-state index contributed by atoms with van der Waals surface area (Å²) in [6.45, 7) is 1.84. The lowest BCUT2D eigenvalue weighted by Gasteiger charge is -2.22. The van der Waals surface area contributed by atoms with Crippen LogP contribution in [0.25, 0.3) is 0 Å². The zero-order valence-electron chi connectivity index (χ0n) is 8.85. The molecule has 1 fully saturated rings. The van der Waals surface area contributed by atoms with Gasteiger partial charge in [-0.15, -0.1) is 0 Å². The fraction of sp³-hybridized carbons (Fsp3) is 0.636. The van der Waals surface area contributed by atoms with E-state index in [1.54, 1.807) is 18.5 Å². The average molecular weight is 207 g/mol. The molecule has 0 amide bonds. The van der Waals surface area contributed by atoms with Crippen LogP contribution < -0.4 is 10.1 Å². The highest BCUT2D eigenvalue weighted by Crippen LogP contribution is 2.10. The van der Waals surface area contributed by atoms with E-state index in [1.165, 1.54) is 19.3 Å². The summed E-state index contributed by atoms with van der Waals surface area (Å²) in [6.07, 6.45) is 8.33. The van der Waals surface area contributed by atoms with Crippen molar-refractivity contribution in [2.75, 3.05) is 13.2 Å². The first-order chi connectivity index (χ1) is 7.45. The Kier molecular flexibility index (Phi) is 3.91. The number of rotatable bonds is 4. The third kappa shape index (κ3) is 3.47. The Morgan fingerprint density at radius 2 is 2.20 bits per heavy atom. The van der Waals surface area contributed by atoms with E-state index >= 15 is 0 Å². The third-order valence-corrected chi connectivity index (χ3v) is 2.65. The second kappa shape index (κ2) is 5.66. The maximum Gasteiger partial charge on any atom is 0.316 e. The van der Waals surface area contributed by atoms with E-state index in [-0.39, 0.29) is 0 Å². The van der Waals surface area contributed by atoms with Gasteiger partial charge in [0.1, 0.15) is 0 Å². The second-order valence-electron chi connectivity index (χ2n) is 3.82. The highest BCUT2D eigenvalue weighted by Gasteiger charge is 2.12. The van der Waals surface area contributed by atoms with Crippen molar-refractivity contribution in [1.29, 1.82) is 0 Å². The van der Waals surface area contributed by atoms with Crippen molar-refractivity contribution < 1.29 is 4.74 Å². The van der Waals surface area contributed by atoms with Crippen LogP contribution in [0.5, 0.6) is 6.01 Å². The van der Waals surface area contributed by atoms with Crippen molar-refractivity contribution >= 4 is 0 Å². The topological polar surface area (TPSA) is 47.0 Å².